The smallest absolute Gasteiger partial charge is 0.243 e. The maximum absolute atomic E-state index is 11.9. The molecular weight excluding hydrogens is 250 g/mol. The fourth-order valence-electron chi connectivity index (χ4n) is 2.26. The van der Waals surface area contributed by atoms with Crippen molar-refractivity contribution in [3.05, 3.63) is 66.0 Å². The molecule has 1 aromatic carbocycles. The highest BCUT2D eigenvalue weighted by atomic mass is 16.2. The largest absolute Gasteiger partial charge is 0.273 e. The van der Waals surface area contributed by atoms with E-state index >= 15 is 0 Å². The first kappa shape index (κ1) is 12.5. The fourth-order valence-corrected chi connectivity index (χ4v) is 2.26. The number of pyridine rings is 1. The van der Waals surface area contributed by atoms with Crippen molar-refractivity contribution in [1.29, 1.82) is 0 Å². The summed E-state index contributed by atoms with van der Waals surface area (Å²) in [7, 11) is 0. The van der Waals surface area contributed by atoms with Crippen molar-refractivity contribution in [3.8, 4) is 0 Å². The minimum Gasteiger partial charge on any atom is -0.273 e. The van der Waals surface area contributed by atoms with Gasteiger partial charge in [-0.25, -0.2) is 5.43 Å². The lowest BCUT2D eigenvalue weighted by molar-refractivity contribution is -0.122. The Kier molecular flexibility index (Phi) is 3.54. The number of rotatable bonds is 4. The quantitative estimate of drug-likeness (QED) is 0.681. The van der Waals surface area contributed by atoms with Crippen LogP contribution in [0, 0.1) is 5.92 Å². The molecule has 2 atom stereocenters. The minimum absolute atomic E-state index is 0.0148. The van der Waals surface area contributed by atoms with E-state index in [1.807, 2.05) is 30.3 Å². The van der Waals surface area contributed by atoms with E-state index in [4.69, 9.17) is 0 Å². The summed E-state index contributed by atoms with van der Waals surface area (Å²) in [6.45, 7) is 0. The van der Waals surface area contributed by atoms with Gasteiger partial charge >= 0.3 is 0 Å². The zero-order chi connectivity index (χ0) is 13.8. The molecule has 1 heterocycles. The third-order valence-electron chi connectivity index (χ3n) is 3.43. The van der Waals surface area contributed by atoms with Crippen LogP contribution in [0.3, 0.4) is 0 Å². The summed E-state index contributed by atoms with van der Waals surface area (Å²) in [5.74, 6) is 0.368. The van der Waals surface area contributed by atoms with E-state index in [9.17, 15) is 4.79 Å². The fraction of sp³-hybridized carbons (Fsp3) is 0.188. The van der Waals surface area contributed by atoms with E-state index in [-0.39, 0.29) is 11.8 Å². The van der Waals surface area contributed by atoms with Crippen LogP contribution in [0.2, 0.25) is 0 Å². The summed E-state index contributed by atoms with van der Waals surface area (Å²) in [6, 6.07) is 13.8. The molecule has 0 radical (unpaired) electrons. The minimum atomic E-state index is -0.0148. The van der Waals surface area contributed by atoms with Crippen molar-refractivity contribution in [2.75, 3.05) is 0 Å². The summed E-state index contributed by atoms with van der Waals surface area (Å²) >= 11 is 0. The second-order valence-electron chi connectivity index (χ2n) is 4.88. The highest BCUT2D eigenvalue weighted by Gasteiger charge is 2.43. The van der Waals surface area contributed by atoms with Gasteiger partial charge in [-0.15, -0.1) is 0 Å². The van der Waals surface area contributed by atoms with Crippen LogP contribution < -0.4 is 5.43 Å². The molecule has 100 valence electrons. The van der Waals surface area contributed by atoms with Gasteiger partial charge in [0.2, 0.25) is 5.91 Å². The van der Waals surface area contributed by atoms with Gasteiger partial charge < -0.3 is 0 Å². The predicted molar refractivity (Wildman–Crippen MR) is 77.3 cm³/mol. The highest BCUT2D eigenvalue weighted by Crippen LogP contribution is 2.47. The van der Waals surface area contributed by atoms with Gasteiger partial charge in [0.05, 0.1) is 6.21 Å². The zero-order valence-electron chi connectivity index (χ0n) is 10.9. The summed E-state index contributed by atoms with van der Waals surface area (Å²) in [5, 5.41) is 3.97. The van der Waals surface area contributed by atoms with Gasteiger partial charge in [-0.3, -0.25) is 9.78 Å². The van der Waals surface area contributed by atoms with Gasteiger partial charge in [-0.1, -0.05) is 36.4 Å². The van der Waals surface area contributed by atoms with Gasteiger partial charge in [0.1, 0.15) is 0 Å². The van der Waals surface area contributed by atoms with Crippen molar-refractivity contribution in [1.82, 2.24) is 10.4 Å². The molecule has 0 saturated heterocycles. The van der Waals surface area contributed by atoms with E-state index in [2.05, 4.69) is 27.6 Å². The van der Waals surface area contributed by atoms with E-state index in [1.165, 1.54) is 5.56 Å². The zero-order valence-corrected chi connectivity index (χ0v) is 10.9. The van der Waals surface area contributed by atoms with E-state index in [0.29, 0.717) is 5.92 Å². The molecule has 0 spiro atoms. The average Bonchev–Trinajstić information content (AvgIpc) is 3.30. The standard InChI is InChI=1S/C16H15N3O/c20-16(19-18-11-12-5-4-8-17-10-12)15-9-14(15)13-6-2-1-3-7-13/h1-8,10-11,14-15H,9H2,(H,19,20)/b18-11-/t14-,15-/m0/s1. The van der Waals surface area contributed by atoms with Crippen LogP contribution in [-0.4, -0.2) is 17.1 Å². The molecule has 20 heavy (non-hydrogen) atoms. The maximum Gasteiger partial charge on any atom is 0.243 e. The first-order valence-corrected chi connectivity index (χ1v) is 6.62. The molecule has 1 N–H and O–H groups in total. The Hall–Kier alpha value is -2.49. The van der Waals surface area contributed by atoms with Crippen LogP contribution in [0.1, 0.15) is 23.5 Å². The number of nitrogens with one attached hydrogen (secondary N) is 1. The van der Waals surface area contributed by atoms with E-state index < -0.39 is 0 Å². The SMILES string of the molecule is O=C(N/N=C\c1cccnc1)[C@H]1C[C@H]1c1ccccc1. The average molecular weight is 265 g/mol. The monoisotopic (exact) mass is 265 g/mol. The number of hydrazone groups is 1. The predicted octanol–water partition coefficient (Wildman–Crippen LogP) is 2.34. The Morgan fingerprint density at radius 2 is 2.10 bits per heavy atom. The topological polar surface area (TPSA) is 54.4 Å². The third-order valence-corrected chi connectivity index (χ3v) is 3.43. The van der Waals surface area contributed by atoms with Crippen molar-refractivity contribution < 1.29 is 4.79 Å². The van der Waals surface area contributed by atoms with Gasteiger partial charge in [0.15, 0.2) is 0 Å². The molecular formula is C16H15N3O. The Labute approximate surface area is 117 Å². The molecule has 4 heteroatoms. The normalized spacial score (nSPS) is 20.8. The molecule has 1 aliphatic rings. The second kappa shape index (κ2) is 5.65. The molecule has 0 aliphatic heterocycles. The molecule has 1 aliphatic carbocycles. The molecule has 1 fully saturated rings. The van der Waals surface area contributed by atoms with Crippen LogP contribution >= 0.6 is 0 Å². The molecule has 1 saturated carbocycles. The first-order chi connectivity index (χ1) is 9.84. The Bertz CT molecular complexity index is 610. The van der Waals surface area contributed by atoms with Crippen molar-refractivity contribution in [2.24, 2.45) is 11.0 Å². The van der Waals surface area contributed by atoms with Crippen LogP contribution in [0.25, 0.3) is 0 Å². The first-order valence-electron chi connectivity index (χ1n) is 6.62. The van der Waals surface area contributed by atoms with Crippen LogP contribution in [-0.2, 0) is 4.79 Å². The Balaban J connectivity index is 1.53. The number of nitrogens with zero attached hydrogens (tertiary/aromatic N) is 2. The van der Waals surface area contributed by atoms with Gasteiger partial charge in [-0.2, -0.15) is 5.10 Å². The van der Waals surface area contributed by atoms with Crippen LogP contribution in [0.5, 0.6) is 0 Å². The number of benzene rings is 1. The molecule has 1 amide bonds. The van der Waals surface area contributed by atoms with Gasteiger partial charge in [0.25, 0.3) is 0 Å². The number of carbonyl (C=O) groups excluding carboxylic acids is 1. The highest BCUT2D eigenvalue weighted by molar-refractivity contribution is 5.85. The number of amides is 1. The lowest BCUT2D eigenvalue weighted by atomic mass is 10.1. The Morgan fingerprint density at radius 3 is 2.85 bits per heavy atom. The van der Waals surface area contributed by atoms with Crippen LogP contribution in [0.4, 0.5) is 0 Å². The van der Waals surface area contributed by atoms with E-state index in [0.717, 1.165) is 12.0 Å². The molecule has 4 nitrogen and oxygen atoms in total. The molecule has 1 aromatic heterocycles. The van der Waals surface area contributed by atoms with Crippen LogP contribution in [0.15, 0.2) is 60.0 Å². The lowest BCUT2D eigenvalue weighted by Gasteiger charge is -1.99. The van der Waals surface area contributed by atoms with Crippen molar-refractivity contribution >= 4 is 12.1 Å². The number of hydrogen-bond acceptors (Lipinski definition) is 3. The summed E-state index contributed by atoms with van der Waals surface area (Å²) in [6.07, 6.45) is 5.90. The Morgan fingerprint density at radius 1 is 1.25 bits per heavy atom. The lowest BCUT2D eigenvalue weighted by Crippen LogP contribution is -2.20. The van der Waals surface area contributed by atoms with E-state index in [1.54, 1.807) is 18.6 Å². The summed E-state index contributed by atoms with van der Waals surface area (Å²) in [4.78, 5) is 15.9. The second-order valence-corrected chi connectivity index (χ2v) is 4.88. The molecule has 3 rings (SSSR count). The summed E-state index contributed by atoms with van der Waals surface area (Å²) in [5.41, 5.74) is 4.69. The van der Waals surface area contributed by atoms with Crippen molar-refractivity contribution in [3.63, 3.8) is 0 Å². The molecule has 0 bridgehead atoms. The van der Waals surface area contributed by atoms with Gasteiger partial charge in [-0.05, 0) is 24.0 Å². The number of carbonyl (C=O) groups is 1. The molecule has 2 aromatic rings. The number of aromatic nitrogens is 1. The van der Waals surface area contributed by atoms with Crippen molar-refractivity contribution in [2.45, 2.75) is 12.3 Å². The third kappa shape index (κ3) is 2.91. The number of hydrogen-bond donors (Lipinski definition) is 1. The van der Waals surface area contributed by atoms with Gasteiger partial charge in [0, 0.05) is 23.9 Å². The molecule has 0 unspecified atom stereocenters. The summed E-state index contributed by atoms with van der Waals surface area (Å²) < 4.78 is 0. The maximum atomic E-state index is 11.9.